The Labute approximate surface area is 167 Å². The van der Waals surface area contributed by atoms with E-state index in [1.807, 2.05) is 18.2 Å². The average molecular weight is 414 g/mol. The molecule has 3 rings (SSSR count). The lowest BCUT2D eigenvalue weighted by Gasteiger charge is -2.34. The summed E-state index contributed by atoms with van der Waals surface area (Å²) in [6.07, 6.45) is 1.59. The number of nitrogens with one attached hydrogen (secondary N) is 1. The number of rotatable bonds is 5. The minimum atomic E-state index is -0.0949. The molecule has 26 heavy (non-hydrogen) atoms. The number of anilines is 1. The van der Waals surface area contributed by atoms with Crippen LogP contribution in [0.3, 0.4) is 0 Å². The Morgan fingerprint density at radius 3 is 2.31 bits per heavy atom. The van der Waals surface area contributed by atoms with Crippen LogP contribution in [-0.4, -0.2) is 53.4 Å². The molecule has 1 N–H and O–H groups in total. The fourth-order valence-corrected chi connectivity index (χ4v) is 3.57. The van der Waals surface area contributed by atoms with Gasteiger partial charge in [0.25, 0.3) is 0 Å². The molecule has 0 bridgehead atoms. The molecule has 0 unspecified atom stereocenters. The quantitative estimate of drug-likeness (QED) is 0.758. The van der Waals surface area contributed by atoms with Gasteiger partial charge in [0.15, 0.2) is 5.15 Å². The normalized spacial score (nSPS) is 15.8. The van der Waals surface area contributed by atoms with Crippen LogP contribution in [0.4, 0.5) is 5.69 Å². The van der Waals surface area contributed by atoms with Crippen molar-refractivity contribution in [2.45, 2.75) is 6.54 Å². The highest BCUT2D eigenvalue weighted by Crippen LogP contribution is 2.26. The molecule has 1 aliphatic heterocycles. The molecule has 0 spiro atoms. The molecule has 1 aliphatic rings. The minimum Gasteiger partial charge on any atom is -0.322 e. The Morgan fingerprint density at radius 1 is 1.00 bits per heavy atom. The predicted octanol–water partition coefficient (Wildman–Crippen LogP) is 3.80. The SMILES string of the molecule is O=C(CN1CCN(Cc2c(Cl)cccc2Cl)CC1)Nc1cccnc1Cl. The van der Waals surface area contributed by atoms with Gasteiger partial charge in [0.1, 0.15) is 0 Å². The first kappa shape index (κ1) is 19.4. The van der Waals surface area contributed by atoms with Crippen molar-refractivity contribution in [3.8, 4) is 0 Å². The number of piperazine rings is 1. The summed E-state index contributed by atoms with van der Waals surface area (Å²) in [4.78, 5) is 20.6. The van der Waals surface area contributed by atoms with E-state index in [1.54, 1.807) is 18.3 Å². The van der Waals surface area contributed by atoms with Gasteiger partial charge in [-0.3, -0.25) is 14.6 Å². The molecular weight excluding hydrogens is 395 g/mol. The van der Waals surface area contributed by atoms with Crippen LogP contribution in [0.25, 0.3) is 0 Å². The number of nitrogens with zero attached hydrogens (tertiary/aromatic N) is 3. The highest BCUT2D eigenvalue weighted by Gasteiger charge is 2.20. The number of aromatic nitrogens is 1. The molecule has 0 saturated carbocycles. The van der Waals surface area contributed by atoms with Gasteiger partial charge in [-0.1, -0.05) is 40.9 Å². The Bertz CT molecular complexity index is 759. The lowest BCUT2D eigenvalue weighted by Crippen LogP contribution is -2.48. The molecule has 1 amide bonds. The van der Waals surface area contributed by atoms with E-state index < -0.39 is 0 Å². The topological polar surface area (TPSA) is 48.5 Å². The van der Waals surface area contributed by atoms with Gasteiger partial charge >= 0.3 is 0 Å². The number of halogens is 3. The zero-order valence-corrected chi connectivity index (χ0v) is 16.4. The van der Waals surface area contributed by atoms with Crippen molar-refractivity contribution in [2.75, 3.05) is 38.0 Å². The maximum absolute atomic E-state index is 12.2. The van der Waals surface area contributed by atoms with Crippen LogP contribution in [0.15, 0.2) is 36.5 Å². The first-order valence-corrected chi connectivity index (χ1v) is 9.44. The summed E-state index contributed by atoms with van der Waals surface area (Å²) in [6.45, 7) is 4.34. The molecule has 1 aromatic carbocycles. The largest absolute Gasteiger partial charge is 0.322 e. The van der Waals surface area contributed by atoms with Crippen molar-refractivity contribution in [2.24, 2.45) is 0 Å². The average Bonchev–Trinajstić information content (AvgIpc) is 2.62. The Balaban J connectivity index is 1.48. The summed E-state index contributed by atoms with van der Waals surface area (Å²) >= 11 is 18.5. The van der Waals surface area contributed by atoms with Gasteiger partial charge in [0.2, 0.25) is 5.91 Å². The number of carbonyl (C=O) groups is 1. The molecule has 0 atom stereocenters. The van der Waals surface area contributed by atoms with Crippen molar-refractivity contribution >= 4 is 46.4 Å². The third kappa shape index (κ3) is 5.09. The van der Waals surface area contributed by atoms with Crippen LogP contribution in [0, 0.1) is 0 Å². The van der Waals surface area contributed by atoms with Crippen molar-refractivity contribution < 1.29 is 4.79 Å². The van der Waals surface area contributed by atoms with Gasteiger partial charge in [-0.15, -0.1) is 0 Å². The first-order valence-electron chi connectivity index (χ1n) is 8.31. The van der Waals surface area contributed by atoms with E-state index in [0.29, 0.717) is 34.0 Å². The molecule has 8 heteroatoms. The maximum atomic E-state index is 12.2. The third-order valence-corrected chi connectivity index (χ3v) is 5.32. The Hall–Kier alpha value is -1.37. The molecule has 1 aromatic heterocycles. The highest BCUT2D eigenvalue weighted by atomic mass is 35.5. The number of carbonyl (C=O) groups excluding carboxylic acids is 1. The summed E-state index contributed by atoms with van der Waals surface area (Å²) in [5, 5.41) is 4.47. The monoisotopic (exact) mass is 412 g/mol. The lowest BCUT2D eigenvalue weighted by molar-refractivity contribution is -0.117. The van der Waals surface area contributed by atoms with Crippen LogP contribution < -0.4 is 5.32 Å². The van der Waals surface area contributed by atoms with E-state index in [4.69, 9.17) is 34.8 Å². The van der Waals surface area contributed by atoms with E-state index in [-0.39, 0.29) is 5.91 Å². The van der Waals surface area contributed by atoms with Gasteiger partial charge < -0.3 is 5.32 Å². The minimum absolute atomic E-state index is 0.0949. The number of benzene rings is 1. The summed E-state index contributed by atoms with van der Waals surface area (Å²) in [5.74, 6) is -0.0949. The second-order valence-electron chi connectivity index (χ2n) is 6.14. The molecular formula is C18H19Cl3N4O. The van der Waals surface area contributed by atoms with Crippen molar-refractivity contribution in [3.63, 3.8) is 0 Å². The Morgan fingerprint density at radius 2 is 1.65 bits per heavy atom. The molecule has 2 aromatic rings. The van der Waals surface area contributed by atoms with Crippen LogP contribution >= 0.6 is 34.8 Å². The van der Waals surface area contributed by atoms with E-state index in [2.05, 4.69) is 20.1 Å². The number of amides is 1. The van der Waals surface area contributed by atoms with E-state index >= 15 is 0 Å². The lowest BCUT2D eigenvalue weighted by atomic mass is 10.2. The first-order chi connectivity index (χ1) is 12.5. The van der Waals surface area contributed by atoms with Gasteiger partial charge in [0, 0.05) is 54.5 Å². The zero-order chi connectivity index (χ0) is 18.5. The number of hydrogen-bond acceptors (Lipinski definition) is 4. The standard InChI is InChI=1S/C18H19Cl3N4O/c19-14-3-1-4-15(20)13(14)11-24-7-9-25(10-8-24)12-17(26)23-16-5-2-6-22-18(16)21/h1-6H,7-12H2,(H,23,26). The van der Waals surface area contributed by atoms with E-state index in [9.17, 15) is 4.79 Å². The van der Waals surface area contributed by atoms with Crippen molar-refractivity contribution in [1.29, 1.82) is 0 Å². The summed E-state index contributed by atoms with van der Waals surface area (Å²) < 4.78 is 0. The molecule has 1 fully saturated rings. The van der Waals surface area contributed by atoms with Gasteiger partial charge in [0.05, 0.1) is 12.2 Å². The van der Waals surface area contributed by atoms with Crippen molar-refractivity contribution in [3.05, 3.63) is 57.3 Å². The molecule has 0 radical (unpaired) electrons. The van der Waals surface area contributed by atoms with Crippen molar-refractivity contribution in [1.82, 2.24) is 14.8 Å². The Kier molecular flexibility index (Phi) is 6.73. The fourth-order valence-electron chi connectivity index (χ4n) is 2.88. The second kappa shape index (κ2) is 9.02. The number of hydrogen-bond donors (Lipinski definition) is 1. The smallest absolute Gasteiger partial charge is 0.238 e. The van der Waals surface area contributed by atoms with Crippen LogP contribution in [0.1, 0.15) is 5.56 Å². The van der Waals surface area contributed by atoms with Gasteiger partial charge in [-0.2, -0.15) is 0 Å². The van der Waals surface area contributed by atoms with Gasteiger partial charge in [-0.05, 0) is 24.3 Å². The summed E-state index contributed by atoms with van der Waals surface area (Å²) in [7, 11) is 0. The van der Waals surface area contributed by atoms with Crippen LogP contribution in [-0.2, 0) is 11.3 Å². The maximum Gasteiger partial charge on any atom is 0.238 e. The van der Waals surface area contributed by atoms with E-state index in [0.717, 1.165) is 31.7 Å². The second-order valence-corrected chi connectivity index (χ2v) is 7.31. The van der Waals surface area contributed by atoms with E-state index in [1.165, 1.54) is 0 Å². The molecule has 1 saturated heterocycles. The predicted molar refractivity (Wildman–Crippen MR) is 106 cm³/mol. The zero-order valence-electron chi connectivity index (χ0n) is 14.1. The third-order valence-electron chi connectivity index (χ3n) is 4.31. The number of pyridine rings is 1. The molecule has 5 nitrogen and oxygen atoms in total. The molecule has 138 valence electrons. The van der Waals surface area contributed by atoms with Gasteiger partial charge in [-0.25, -0.2) is 4.98 Å². The van der Waals surface area contributed by atoms with Crippen LogP contribution in [0.2, 0.25) is 15.2 Å². The summed E-state index contributed by atoms with van der Waals surface area (Å²) in [6, 6.07) is 9.03. The molecule has 2 heterocycles. The fraction of sp³-hybridized carbons (Fsp3) is 0.333. The molecule has 0 aliphatic carbocycles. The summed E-state index contributed by atoms with van der Waals surface area (Å²) in [5.41, 5.74) is 1.49. The van der Waals surface area contributed by atoms with Crippen LogP contribution in [0.5, 0.6) is 0 Å². The highest BCUT2D eigenvalue weighted by molar-refractivity contribution is 6.36.